The summed E-state index contributed by atoms with van der Waals surface area (Å²) in [5.41, 5.74) is 11.7. The first kappa shape index (κ1) is 62.9. The summed E-state index contributed by atoms with van der Waals surface area (Å²) in [6.45, 7) is 6.62. The van der Waals surface area contributed by atoms with Gasteiger partial charge in [0.05, 0.1) is 41.1 Å². The standard InChI is InChI=1S/C48H70IN13O14S/c1-6-22(3)39(49)45(74)54-19-37(67)57-32-21-77-47-28(27-13-25(10-11-29(27)60-47)56-36(66)18-53-41(70)24(5)55-35(65)9-8-12-50)15-30(42(71)52-17-34(51)64)58-46(75)40(23(4)7-2)61-44(73)33-14-26(63)20-62(33)48(76)31(16-38(68)69)59-43(32)72/h10-11,13,22-24,26,30-33,39-40,60,63H,6-9,12,14-21,50H2,1-5H3,(H2,51,64)(H,52,71)(H,53,70)(H,54,74)(H,55,65)(H,56,66)(H,57,67)(H,58,75)(H,59,72)(H,61,73)(H,68,69)/t22-,23?,24?,26+,30-,31-,32-,33-,39-,40-/m0/s1. The van der Waals surface area contributed by atoms with Crippen LogP contribution in [0.1, 0.15) is 78.7 Å². The summed E-state index contributed by atoms with van der Waals surface area (Å²) in [5, 5.41) is 44.2. The molecule has 2 aliphatic rings. The first-order chi connectivity index (χ1) is 36.4. The monoisotopic (exact) mass is 1210 g/mol. The number of thioether (sulfide) groups is 1. The number of carboxylic acids is 1. The third-order valence-corrected chi connectivity index (χ3v) is 15.9. The number of aromatic nitrogens is 1. The van der Waals surface area contributed by atoms with Gasteiger partial charge >= 0.3 is 5.97 Å². The number of alkyl halides is 1. The number of carbonyl (C=O) groups is 12. The van der Waals surface area contributed by atoms with Crippen molar-refractivity contribution in [2.75, 3.05) is 43.8 Å². The zero-order chi connectivity index (χ0) is 57.3. The number of aliphatic hydroxyl groups is 1. The van der Waals surface area contributed by atoms with Crippen molar-refractivity contribution < 1.29 is 67.7 Å². The highest BCUT2D eigenvalue weighted by Crippen LogP contribution is 2.34. The van der Waals surface area contributed by atoms with Gasteiger partial charge in [-0.25, -0.2) is 0 Å². The summed E-state index contributed by atoms with van der Waals surface area (Å²) >= 11 is 2.87. The van der Waals surface area contributed by atoms with Crippen LogP contribution in [0.5, 0.6) is 0 Å². The molecule has 29 heteroatoms. The Hall–Kier alpha value is -6.60. The van der Waals surface area contributed by atoms with E-state index in [2.05, 4.69) is 52.8 Å². The Bertz CT molecular complexity index is 2550. The van der Waals surface area contributed by atoms with Gasteiger partial charge in [-0.1, -0.05) is 63.1 Å². The number of primary amides is 1. The van der Waals surface area contributed by atoms with Gasteiger partial charge in [0, 0.05) is 48.2 Å². The molecule has 2 aromatic rings. The molecule has 27 nitrogen and oxygen atoms in total. The highest BCUT2D eigenvalue weighted by atomic mass is 127. The van der Waals surface area contributed by atoms with Crippen molar-refractivity contribution in [3.05, 3.63) is 23.8 Å². The Morgan fingerprint density at radius 3 is 2.21 bits per heavy atom. The number of hydrogen-bond acceptors (Lipinski definition) is 15. The second-order valence-corrected chi connectivity index (χ2v) is 21.3. The summed E-state index contributed by atoms with van der Waals surface area (Å²) < 4.78 is -0.512. The van der Waals surface area contributed by atoms with E-state index in [0.29, 0.717) is 30.2 Å². The largest absolute Gasteiger partial charge is 0.481 e. The molecule has 2 aliphatic heterocycles. The average Bonchev–Trinajstić information content (AvgIpc) is 3.96. The van der Waals surface area contributed by atoms with Gasteiger partial charge in [-0.2, -0.15) is 0 Å². The number of H-pyrrole nitrogens is 1. The molecular formula is C48H70IN13O14S. The molecule has 0 aliphatic carbocycles. The summed E-state index contributed by atoms with van der Waals surface area (Å²) in [6.07, 6.45) is -1.54. The summed E-state index contributed by atoms with van der Waals surface area (Å²) in [6, 6.07) is -4.27. The highest BCUT2D eigenvalue weighted by Gasteiger charge is 2.44. The molecule has 0 radical (unpaired) electrons. The first-order valence-corrected chi connectivity index (χ1v) is 27.3. The fourth-order valence-electron chi connectivity index (χ4n) is 8.20. The van der Waals surface area contributed by atoms with Crippen LogP contribution in [0.25, 0.3) is 10.9 Å². The van der Waals surface area contributed by atoms with Crippen LogP contribution < -0.4 is 59.3 Å². The van der Waals surface area contributed by atoms with E-state index in [4.69, 9.17) is 11.5 Å². The van der Waals surface area contributed by atoms with Crippen LogP contribution >= 0.6 is 34.4 Å². The van der Waals surface area contributed by atoms with Crippen LogP contribution in [0, 0.1) is 11.8 Å². The number of nitrogens with two attached hydrogens (primary N) is 2. The average molecular weight is 1210 g/mol. The molecule has 1 aromatic carbocycles. The maximum Gasteiger partial charge on any atom is 0.305 e. The summed E-state index contributed by atoms with van der Waals surface area (Å²) in [7, 11) is 0. The zero-order valence-electron chi connectivity index (χ0n) is 43.4. The molecular weight excluding hydrogens is 1140 g/mol. The number of carbonyl (C=O) groups excluding carboxylic acids is 11. The number of nitrogens with zero attached hydrogens (tertiary/aromatic N) is 1. The maximum absolute atomic E-state index is 14.5. The number of hydrogen-bond donors (Lipinski definition) is 14. The maximum atomic E-state index is 14.5. The Labute approximate surface area is 461 Å². The molecule has 0 saturated carbocycles. The fraction of sp³-hybridized carbons (Fsp3) is 0.583. The van der Waals surface area contributed by atoms with Crippen molar-refractivity contribution in [3.63, 3.8) is 0 Å². The predicted octanol–water partition coefficient (Wildman–Crippen LogP) is -2.90. The van der Waals surface area contributed by atoms with Crippen LogP contribution in [-0.4, -0.2) is 176 Å². The fourth-order valence-corrected chi connectivity index (χ4v) is 10.0. The van der Waals surface area contributed by atoms with Crippen LogP contribution in [0.2, 0.25) is 0 Å². The lowest BCUT2D eigenvalue weighted by Crippen LogP contribution is -2.60. The molecule has 3 heterocycles. The Morgan fingerprint density at radius 1 is 0.870 bits per heavy atom. The first-order valence-electron chi connectivity index (χ1n) is 25.1. The molecule has 77 heavy (non-hydrogen) atoms. The third kappa shape index (κ3) is 18.5. The van der Waals surface area contributed by atoms with Crippen molar-refractivity contribution in [2.24, 2.45) is 23.3 Å². The minimum absolute atomic E-state index is 0.0508. The lowest BCUT2D eigenvalue weighted by Gasteiger charge is -2.31. The van der Waals surface area contributed by atoms with E-state index in [9.17, 15) is 67.7 Å². The normalized spacial score (nSPS) is 21.9. The molecule has 11 amide bonds. The Kier molecular flexibility index (Phi) is 24.3. The quantitative estimate of drug-likeness (QED) is 0.0441. The van der Waals surface area contributed by atoms with Gasteiger partial charge in [0.15, 0.2) is 0 Å². The van der Waals surface area contributed by atoms with E-state index in [0.717, 1.165) is 16.7 Å². The van der Waals surface area contributed by atoms with Crippen LogP contribution in [0.4, 0.5) is 5.69 Å². The van der Waals surface area contributed by atoms with E-state index in [-0.39, 0.29) is 53.8 Å². The SMILES string of the molecule is CCC(C)[C@@H]1NC(=O)[C@@H]2C[C@@H](O)CN2C(=O)[C@H](CC(=O)O)NC(=O)[C@@H](NC(=O)CNC(=O)[C@@H](I)[C@@H](C)CC)CSc2[nH]c3ccc(NC(=O)CNC(=O)C(C)NC(=O)CCCN)cc3c2C[C@@H](C(=O)NCC(N)=O)NC1=O. The minimum atomic E-state index is -1.85. The number of nitrogens with one attached hydrogen (secondary N) is 10. The number of carboxylic acid groups (broad SMARTS) is 1. The Balaban J connectivity index is 1.85. The zero-order valence-corrected chi connectivity index (χ0v) is 46.4. The van der Waals surface area contributed by atoms with E-state index in [1.165, 1.54) is 19.1 Å². The summed E-state index contributed by atoms with van der Waals surface area (Å²) in [4.78, 5) is 164. The number of aromatic amines is 1. The molecule has 0 bridgehead atoms. The smallest absolute Gasteiger partial charge is 0.305 e. The third-order valence-electron chi connectivity index (χ3n) is 12.9. The minimum Gasteiger partial charge on any atom is -0.481 e. The van der Waals surface area contributed by atoms with Gasteiger partial charge in [0.25, 0.3) is 0 Å². The molecule has 4 rings (SSSR count). The number of aliphatic carboxylic acids is 1. The molecule has 2 unspecified atom stereocenters. The molecule has 1 saturated heterocycles. The molecule has 0 spiro atoms. The molecule has 1 fully saturated rings. The van der Waals surface area contributed by atoms with Gasteiger partial charge in [0.2, 0.25) is 65.0 Å². The molecule has 1 aromatic heterocycles. The van der Waals surface area contributed by atoms with Crippen LogP contribution in [0.15, 0.2) is 23.2 Å². The van der Waals surface area contributed by atoms with Gasteiger partial charge in [0.1, 0.15) is 36.3 Å². The Morgan fingerprint density at radius 2 is 1.56 bits per heavy atom. The number of anilines is 1. The molecule has 10 atom stereocenters. The number of aliphatic hydroxyl groups excluding tert-OH is 1. The number of fused-ring (bicyclic) bond motifs is 4. The lowest BCUT2D eigenvalue weighted by molar-refractivity contribution is -0.146. The molecule has 16 N–H and O–H groups in total. The summed E-state index contributed by atoms with van der Waals surface area (Å²) in [5.74, 6) is -11.4. The predicted molar refractivity (Wildman–Crippen MR) is 288 cm³/mol. The van der Waals surface area contributed by atoms with E-state index in [1.807, 2.05) is 36.4 Å². The van der Waals surface area contributed by atoms with Gasteiger partial charge in [-0.15, -0.1) is 11.8 Å². The number of benzene rings is 1. The van der Waals surface area contributed by atoms with Crippen LogP contribution in [0.3, 0.4) is 0 Å². The van der Waals surface area contributed by atoms with E-state index < -0.39 is 156 Å². The van der Waals surface area contributed by atoms with Crippen molar-refractivity contribution in [1.29, 1.82) is 0 Å². The number of amides is 11. The second kappa shape index (κ2) is 29.8. The van der Waals surface area contributed by atoms with Gasteiger partial charge in [-0.05, 0) is 55.5 Å². The van der Waals surface area contributed by atoms with Crippen molar-refractivity contribution >= 4 is 122 Å². The lowest BCUT2D eigenvalue weighted by atomic mass is 9.96. The van der Waals surface area contributed by atoms with Gasteiger partial charge < -0.3 is 79.4 Å². The highest BCUT2D eigenvalue weighted by molar-refractivity contribution is 14.1. The van der Waals surface area contributed by atoms with E-state index in [1.54, 1.807) is 19.9 Å². The van der Waals surface area contributed by atoms with E-state index >= 15 is 0 Å². The topological polar surface area (TPSA) is 425 Å². The van der Waals surface area contributed by atoms with Crippen LogP contribution in [-0.2, 0) is 64.0 Å². The number of halogens is 1. The number of rotatable bonds is 21. The van der Waals surface area contributed by atoms with Crippen molar-refractivity contribution in [3.8, 4) is 0 Å². The van der Waals surface area contributed by atoms with Crippen molar-refractivity contribution in [1.82, 2.24) is 52.4 Å². The molecule has 424 valence electrons. The van der Waals surface area contributed by atoms with Gasteiger partial charge in [-0.3, -0.25) is 57.5 Å². The second-order valence-electron chi connectivity index (χ2n) is 19.0. The van der Waals surface area contributed by atoms with Crippen molar-refractivity contribution in [2.45, 2.75) is 131 Å².